The van der Waals surface area contributed by atoms with E-state index >= 15 is 0 Å². The Balaban J connectivity index is 1.96. The molecule has 1 aromatic heterocycles. The van der Waals surface area contributed by atoms with Gasteiger partial charge in [0.25, 0.3) is 5.91 Å². The van der Waals surface area contributed by atoms with Crippen LogP contribution in [0.15, 0.2) is 16.5 Å². The lowest BCUT2D eigenvalue weighted by atomic mass is 10.1. The Morgan fingerprint density at radius 1 is 1.53 bits per heavy atom. The lowest BCUT2D eigenvalue weighted by Gasteiger charge is -2.18. The highest BCUT2D eigenvalue weighted by molar-refractivity contribution is 5.91. The van der Waals surface area contributed by atoms with Gasteiger partial charge in [0.1, 0.15) is 5.76 Å². The molecule has 4 nitrogen and oxygen atoms in total. The van der Waals surface area contributed by atoms with E-state index in [2.05, 4.69) is 5.32 Å². The van der Waals surface area contributed by atoms with Crippen molar-refractivity contribution in [3.63, 3.8) is 0 Å². The van der Waals surface area contributed by atoms with Crippen LogP contribution in [0.4, 0.5) is 0 Å². The summed E-state index contributed by atoms with van der Waals surface area (Å²) in [6, 6.07) is 3.62. The van der Waals surface area contributed by atoms with Crippen molar-refractivity contribution in [2.45, 2.75) is 38.6 Å². The Kier molecular flexibility index (Phi) is 3.84. The third kappa shape index (κ3) is 2.69. The monoisotopic (exact) mass is 237 g/mol. The first kappa shape index (κ1) is 12.2. The molecule has 0 aliphatic heterocycles. The molecule has 1 heterocycles. The number of furan rings is 1. The molecule has 1 aliphatic rings. The Morgan fingerprint density at radius 3 is 3.00 bits per heavy atom. The number of hydrogen-bond acceptors (Lipinski definition) is 3. The predicted molar refractivity (Wildman–Crippen MR) is 63.8 cm³/mol. The highest BCUT2D eigenvalue weighted by Gasteiger charge is 2.28. The second kappa shape index (κ2) is 5.36. The molecular formula is C13H19NO3. The number of aliphatic hydroxyl groups excluding tert-OH is 1. The molecule has 2 rings (SSSR count). The van der Waals surface area contributed by atoms with Crippen molar-refractivity contribution >= 4 is 5.91 Å². The smallest absolute Gasteiger partial charge is 0.287 e. The molecule has 94 valence electrons. The highest BCUT2D eigenvalue weighted by atomic mass is 16.3. The van der Waals surface area contributed by atoms with Crippen molar-refractivity contribution in [1.29, 1.82) is 0 Å². The fraction of sp³-hybridized carbons (Fsp3) is 0.615. The fourth-order valence-electron chi connectivity index (χ4n) is 2.37. The Morgan fingerprint density at radius 2 is 2.35 bits per heavy atom. The van der Waals surface area contributed by atoms with Gasteiger partial charge < -0.3 is 14.8 Å². The minimum atomic E-state index is -0.171. The molecule has 0 aromatic carbocycles. The average molecular weight is 237 g/mol. The third-order valence-corrected chi connectivity index (χ3v) is 3.44. The Bertz CT molecular complexity index is 386. The first-order chi connectivity index (χ1) is 8.24. The van der Waals surface area contributed by atoms with Gasteiger partial charge in [-0.2, -0.15) is 0 Å². The van der Waals surface area contributed by atoms with Gasteiger partial charge in [0.2, 0.25) is 0 Å². The molecule has 0 bridgehead atoms. The zero-order chi connectivity index (χ0) is 12.3. The maximum absolute atomic E-state index is 11.9. The molecule has 0 spiro atoms. The van der Waals surface area contributed by atoms with E-state index in [9.17, 15) is 9.90 Å². The molecule has 0 saturated heterocycles. The predicted octanol–water partition coefficient (Wildman–Crippen LogP) is 1.73. The quantitative estimate of drug-likeness (QED) is 0.838. The van der Waals surface area contributed by atoms with Crippen LogP contribution in [-0.4, -0.2) is 23.7 Å². The minimum Gasteiger partial charge on any atom is -0.456 e. The molecule has 1 saturated carbocycles. The van der Waals surface area contributed by atoms with E-state index in [-0.39, 0.29) is 24.5 Å². The van der Waals surface area contributed by atoms with Gasteiger partial charge in [0, 0.05) is 25.0 Å². The topological polar surface area (TPSA) is 62.5 Å². The normalized spacial score (nSPS) is 23.9. The van der Waals surface area contributed by atoms with E-state index < -0.39 is 0 Å². The molecule has 1 fully saturated rings. The number of rotatable bonds is 4. The van der Waals surface area contributed by atoms with Crippen molar-refractivity contribution < 1.29 is 14.3 Å². The second-order valence-corrected chi connectivity index (χ2v) is 4.57. The first-order valence-electron chi connectivity index (χ1n) is 6.25. The molecule has 2 atom stereocenters. The number of amides is 1. The number of nitrogens with one attached hydrogen (secondary N) is 1. The van der Waals surface area contributed by atoms with E-state index in [1.165, 1.54) is 0 Å². The fourth-order valence-corrected chi connectivity index (χ4v) is 2.37. The van der Waals surface area contributed by atoms with Gasteiger partial charge in [-0.05, 0) is 25.0 Å². The summed E-state index contributed by atoms with van der Waals surface area (Å²) in [4.78, 5) is 11.9. The van der Waals surface area contributed by atoms with Crippen LogP contribution in [-0.2, 0) is 6.42 Å². The zero-order valence-electron chi connectivity index (χ0n) is 10.1. The summed E-state index contributed by atoms with van der Waals surface area (Å²) in [6.45, 7) is 2.13. The van der Waals surface area contributed by atoms with Crippen LogP contribution in [0.25, 0.3) is 0 Å². The van der Waals surface area contributed by atoms with Crippen LogP contribution < -0.4 is 5.32 Å². The van der Waals surface area contributed by atoms with E-state index in [4.69, 9.17) is 4.42 Å². The van der Waals surface area contributed by atoms with Gasteiger partial charge in [-0.25, -0.2) is 0 Å². The van der Waals surface area contributed by atoms with Gasteiger partial charge >= 0.3 is 0 Å². The van der Waals surface area contributed by atoms with Crippen molar-refractivity contribution in [2.24, 2.45) is 5.92 Å². The van der Waals surface area contributed by atoms with Crippen LogP contribution in [0.5, 0.6) is 0 Å². The highest BCUT2D eigenvalue weighted by Crippen LogP contribution is 2.25. The molecule has 2 unspecified atom stereocenters. The average Bonchev–Trinajstić information content (AvgIpc) is 2.96. The maximum Gasteiger partial charge on any atom is 0.287 e. The van der Waals surface area contributed by atoms with Gasteiger partial charge in [0.05, 0.1) is 0 Å². The van der Waals surface area contributed by atoms with Crippen LogP contribution in [0, 0.1) is 5.92 Å². The molecular weight excluding hydrogens is 218 g/mol. The molecule has 17 heavy (non-hydrogen) atoms. The van der Waals surface area contributed by atoms with E-state index in [1.54, 1.807) is 6.07 Å². The van der Waals surface area contributed by atoms with Crippen LogP contribution >= 0.6 is 0 Å². The number of hydrogen-bond donors (Lipinski definition) is 2. The largest absolute Gasteiger partial charge is 0.456 e. The lowest BCUT2D eigenvalue weighted by Crippen LogP contribution is -2.38. The van der Waals surface area contributed by atoms with Gasteiger partial charge in [-0.1, -0.05) is 13.3 Å². The number of aryl methyl sites for hydroxylation is 1. The van der Waals surface area contributed by atoms with Crippen molar-refractivity contribution in [2.75, 3.05) is 6.61 Å². The van der Waals surface area contributed by atoms with E-state index in [0.29, 0.717) is 5.76 Å². The summed E-state index contributed by atoms with van der Waals surface area (Å²) in [7, 11) is 0. The summed E-state index contributed by atoms with van der Waals surface area (Å²) in [5.74, 6) is 1.21. The van der Waals surface area contributed by atoms with Crippen LogP contribution in [0.1, 0.15) is 42.5 Å². The van der Waals surface area contributed by atoms with E-state index in [1.807, 2.05) is 13.0 Å². The summed E-state index contributed by atoms with van der Waals surface area (Å²) >= 11 is 0. The Hall–Kier alpha value is -1.29. The zero-order valence-corrected chi connectivity index (χ0v) is 10.1. The molecule has 1 amide bonds. The molecule has 4 heteroatoms. The van der Waals surface area contributed by atoms with Gasteiger partial charge in [0.15, 0.2) is 5.76 Å². The standard InChI is InChI=1S/C13H19NO3/c1-2-10-6-7-12(17-10)13(16)14-11-5-3-4-9(11)8-15/h6-7,9,11,15H,2-5,8H2,1H3,(H,14,16). The number of carbonyl (C=O) groups excluding carboxylic acids is 1. The first-order valence-corrected chi connectivity index (χ1v) is 6.25. The van der Waals surface area contributed by atoms with Gasteiger partial charge in [-0.15, -0.1) is 0 Å². The minimum absolute atomic E-state index is 0.0858. The summed E-state index contributed by atoms with van der Waals surface area (Å²) in [6.07, 6.45) is 3.78. The lowest BCUT2D eigenvalue weighted by molar-refractivity contribution is 0.0886. The van der Waals surface area contributed by atoms with E-state index in [0.717, 1.165) is 31.4 Å². The third-order valence-electron chi connectivity index (χ3n) is 3.44. The maximum atomic E-state index is 11.9. The van der Waals surface area contributed by atoms with Crippen molar-refractivity contribution in [1.82, 2.24) is 5.32 Å². The second-order valence-electron chi connectivity index (χ2n) is 4.57. The number of carbonyl (C=O) groups is 1. The van der Waals surface area contributed by atoms with Crippen LogP contribution in [0.3, 0.4) is 0 Å². The van der Waals surface area contributed by atoms with Gasteiger partial charge in [-0.3, -0.25) is 4.79 Å². The molecule has 0 radical (unpaired) electrons. The summed E-state index contributed by atoms with van der Waals surface area (Å²) in [5.41, 5.74) is 0. The van der Waals surface area contributed by atoms with Crippen LogP contribution in [0.2, 0.25) is 0 Å². The summed E-state index contributed by atoms with van der Waals surface area (Å²) < 4.78 is 5.40. The Labute approximate surface area is 101 Å². The molecule has 2 N–H and O–H groups in total. The molecule has 1 aliphatic carbocycles. The SMILES string of the molecule is CCc1ccc(C(=O)NC2CCCC2CO)o1. The summed E-state index contributed by atoms with van der Waals surface area (Å²) in [5, 5.41) is 12.1. The van der Waals surface area contributed by atoms with Crippen molar-refractivity contribution in [3.8, 4) is 0 Å². The molecule has 1 aromatic rings. The number of aliphatic hydroxyl groups is 1. The van der Waals surface area contributed by atoms with Crippen molar-refractivity contribution in [3.05, 3.63) is 23.7 Å².